The van der Waals surface area contributed by atoms with Crippen LogP contribution in [-0.2, 0) is 4.79 Å². The quantitative estimate of drug-likeness (QED) is 0.414. The smallest absolute Gasteiger partial charge is 0.257 e. The molecule has 164 valence electrons. The van der Waals surface area contributed by atoms with Crippen molar-refractivity contribution in [3.05, 3.63) is 70.7 Å². The number of fused-ring (bicyclic) bond motifs is 2. The van der Waals surface area contributed by atoms with Gasteiger partial charge in [-0.2, -0.15) is 0 Å². The van der Waals surface area contributed by atoms with Crippen molar-refractivity contribution in [2.75, 3.05) is 23.6 Å². The fourth-order valence-electron chi connectivity index (χ4n) is 3.77. The molecule has 0 aliphatic carbocycles. The molecule has 2 amide bonds. The Hall–Kier alpha value is -3.22. The summed E-state index contributed by atoms with van der Waals surface area (Å²) >= 11 is 12.0. The molecule has 0 saturated heterocycles. The van der Waals surface area contributed by atoms with Crippen molar-refractivity contribution in [1.29, 1.82) is 0 Å². The Kier molecular flexibility index (Phi) is 6.26. The van der Waals surface area contributed by atoms with Gasteiger partial charge in [-0.15, -0.1) is 11.6 Å². The number of alkyl halides is 1. The minimum absolute atomic E-state index is 0.253. The van der Waals surface area contributed by atoms with Crippen LogP contribution in [-0.4, -0.2) is 24.8 Å². The molecule has 0 radical (unpaired) electrons. The topological polar surface area (TPSA) is 93.4 Å². The SMILES string of the molecule is COc1cc(-c2ccc3c(c2)Nc2ccc(C(CCCl)C(N)=O)cc2NC3=O)ccc1Cl. The Morgan fingerprint density at radius 3 is 2.47 bits per heavy atom. The van der Waals surface area contributed by atoms with Gasteiger partial charge in [0.1, 0.15) is 5.75 Å². The van der Waals surface area contributed by atoms with Crippen molar-refractivity contribution < 1.29 is 14.3 Å². The number of hydrogen-bond acceptors (Lipinski definition) is 4. The van der Waals surface area contributed by atoms with Crippen LogP contribution in [0, 0.1) is 0 Å². The molecule has 0 bridgehead atoms. The number of ether oxygens (including phenoxy) is 1. The van der Waals surface area contributed by atoms with Crippen LogP contribution in [0.25, 0.3) is 11.1 Å². The van der Waals surface area contributed by atoms with Crippen LogP contribution in [0.4, 0.5) is 17.1 Å². The predicted molar refractivity (Wildman–Crippen MR) is 128 cm³/mol. The second-order valence-electron chi connectivity index (χ2n) is 7.43. The van der Waals surface area contributed by atoms with Crippen LogP contribution < -0.4 is 21.1 Å². The lowest BCUT2D eigenvalue weighted by Crippen LogP contribution is -2.22. The van der Waals surface area contributed by atoms with Crippen molar-refractivity contribution in [2.45, 2.75) is 12.3 Å². The summed E-state index contributed by atoms with van der Waals surface area (Å²) in [6.07, 6.45) is 0.422. The van der Waals surface area contributed by atoms with Gasteiger partial charge in [0.25, 0.3) is 5.91 Å². The van der Waals surface area contributed by atoms with E-state index in [1.54, 1.807) is 25.3 Å². The number of nitrogens with one attached hydrogen (secondary N) is 2. The fourth-order valence-corrected chi connectivity index (χ4v) is 4.19. The molecule has 1 unspecified atom stereocenters. The zero-order valence-corrected chi connectivity index (χ0v) is 18.8. The largest absolute Gasteiger partial charge is 0.495 e. The first-order chi connectivity index (χ1) is 15.4. The highest BCUT2D eigenvalue weighted by molar-refractivity contribution is 6.32. The summed E-state index contributed by atoms with van der Waals surface area (Å²) < 4.78 is 5.32. The van der Waals surface area contributed by atoms with Gasteiger partial charge >= 0.3 is 0 Å². The van der Waals surface area contributed by atoms with Crippen LogP contribution in [0.15, 0.2) is 54.6 Å². The summed E-state index contributed by atoms with van der Waals surface area (Å²) in [4.78, 5) is 24.8. The molecule has 0 spiro atoms. The second kappa shape index (κ2) is 9.10. The van der Waals surface area contributed by atoms with E-state index in [-0.39, 0.29) is 5.91 Å². The number of halogens is 2. The molecule has 8 heteroatoms. The average molecular weight is 470 g/mol. The average Bonchev–Trinajstić information content (AvgIpc) is 2.92. The number of benzene rings is 3. The van der Waals surface area contributed by atoms with Crippen LogP contribution in [0.2, 0.25) is 5.02 Å². The molecule has 6 nitrogen and oxygen atoms in total. The van der Waals surface area contributed by atoms with Crippen LogP contribution in [0.3, 0.4) is 0 Å². The number of primary amides is 1. The first kappa shape index (κ1) is 22.0. The molecule has 4 rings (SSSR count). The van der Waals surface area contributed by atoms with Crippen LogP contribution in [0.5, 0.6) is 5.75 Å². The summed E-state index contributed by atoms with van der Waals surface area (Å²) in [5, 5.41) is 6.77. The van der Waals surface area contributed by atoms with Gasteiger partial charge in [0, 0.05) is 5.88 Å². The number of carbonyl (C=O) groups excluding carboxylic acids is 2. The summed E-state index contributed by atoms with van der Waals surface area (Å²) in [6.45, 7) is 0. The third kappa shape index (κ3) is 4.24. The molecule has 3 aromatic carbocycles. The number of carbonyl (C=O) groups is 2. The maximum Gasteiger partial charge on any atom is 0.257 e. The maximum absolute atomic E-state index is 12.9. The van der Waals surface area contributed by atoms with E-state index < -0.39 is 11.8 Å². The van der Waals surface area contributed by atoms with Gasteiger partial charge in [-0.1, -0.05) is 29.8 Å². The first-order valence-electron chi connectivity index (χ1n) is 9.97. The van der Waals surface area contributed by atoms with E-state index in [0.29, 0.717) is 51.3 Å². The van der Waals surface area contributed by atoms with Crippen molar-refractivity contribution in [1.82, 2.24) is 0 Å². The zero-order valence-electron chi connectivity index (χ0n) is 17.2. The highest BCUT2D eigenvalue weighted by Crippen LogP contribution is 2.37. The number of methoxy groups -OCH3 is 1. The van der Waals surface area contributed by atoms with E-state index >= 15 is 0 Å². The number of anilines is 3. The lowest BCUT2D eigenvalue weighted by Gasteiger charge is -2.16. The van der Waals surface area contributed by atoms with E-state index in [9.17, 15) is 9.59 Å². The molecule has 0 aromatic heterocycles. The maximum atomic E-state index is 12.9. The van der Waals surface area contributed by atoms with E-state index in [1.165, 1.54) is 0 Å². The van der Waals surface area contributed by atoms with Crippen molar-refractivity contribution in [3.63, 3.8) is 0 Å². The third-order valence-corrected chi connectivity index (χ3v) is 5.98. The molecule has 0 fully saturated rings. The van der Waals surface area contributed by atoms with Gasteiger partial charge < -0.3 is 21.1 Å². The Morgan fingerprint density at radius 1 is 1.00 bits per heavy atom. The predicted octanol–water partition coefficient (Wildman–Crippen LogP) is 5.52. The highest BCUT2D eigenvalue weighted by Gasteiger charge is 2.23. The van der Waals surface area contributed by atoms with Gasteiger partial charge in [0.15, 0.2) is 0 Å². The van der Waals surface area contributed by atoms with Crippen molar-refractivity contribution in [2.24, 2.45) is 5.73 Å². The molecular weight excluding hydrogens is 449 g/mol. The molecule has 3 aromatic rings. The van der Waals surface area contributed by atoms with Crippen LogP contribution >= 0.6 is 23.2 Å². The zero-order chi connectivity index (χ0) is 22.8. The number of nitrogens with two attached hydrogens (primary N) is 1. The van der Waals surface area contributed by atoms with Crippen molar-refractivity contribution >= 4 is 52.1 Å². The Bertz CT molecular complexity index is 1210. The normalized spacial score (nSPS) is 13.2. The summed E-state index contributed by atoms with van der Waals surface area (Å²) in [7, 11) is 1.56. The molecule has 1 aliphatic rings. The Morgan fingerprint density at radius 2 is 1.75 bits per heavy atom. The molecule has 1 aliphatic heterocycles. The lowest BCUT2D eigenvalue weighted by atomic mass is 9.95. The van der Waals surface area contributed by atoms with Gasteiger partial charge in [-0.25, -0.2) is 0 Å². The van der Waals surface area contributed by atoms with E-state index in [4.69, 9.17) is 33.7 Å². The highest BCUT2D eigenvalue weighted by atomic mass is 35.5. The number of hydrogen-bond donors (Lipinski definition) is 3. The van der Waals surface area contributed by atoms with Gasteiger partial charge in [-0.3, -0.25) is 9.59 Å². The Balaban J connectivity index is 1.72. The monoisotopic (exact) mass is 469 g/mol. The fraction of sp³-hybridized carbons (Fsp3) is 0.167. The summed E-state index contributed by atoms with van der Waals surface area (Å²) in [6, 6.07) is 16.5. The molecule has 1 heterocycles. The molecule has 1 atom stereocenters. The second-order valence-corrected chi connectivity index (χ2v) is 8.21. The molecule has 32 heavy (non-hydrogen) atoms. The van der Waals surface area contributed by atoms with Crippen molar-refractivity contribution in [3.8, 4) is 16.9 Å². The van der Waals surface area contributed by atoms with Crippen LogP contribution in [0.1, 0.15) is 28.3 Å². The summed E-state index contributed by atoms with van der Waals surface area (Å²) in [5.74, 6) is -0.351. The number of amides is 2. The molecule has 0 saturated carbocycles. The minimum Gasteiger partial charge on any atom is -0.495 e. The number of rotatable bonds is 6. The minimum atomic E-state index is -0.521. The standard InChI is InChI=1S/C24H21Cl2N3O3/c1-32-22-12-14(3-6-18(22)26)13-2-5-17-20(10-13)28-19-7-4-15(11-21(19)29-24(17)31)16(8-9-25)23(27)30/h2-7,10-12,16,28H,8-9H2,1H3,(H2,27,30)(H,29,31). The van der Waals surface area contributed by atoms with Gasteiger partial charge in [0.2, 0.25) is 5.91 Å². The van der Waals surface area contributed by atoms with E-state index in [1.807, 2.05) is 36.4 Å². The van der Waals surface area contributed by atoms with E-state index in [0.717, 1.165) is 11.1 Å². The first-order valence-corrected chi connectivity index (χ1v) is 10.9. The van der Waals surface area contributed by atoms with E-state index in [2.05, 4.69) is 10.6 Å². The third-order valence-electron chi connectivity index (χ3n) is 5.45. The Labute approximate surface area is 195 Å². The lowest BCUT2D eigenvalue weighted by molar-refractivity contribution is -0.119. The molecule has 4 N–H and O–H groups in total. The summed E-state index contributed by atoms with van der Waals surface area (Å²) in [5.41, 5.74) is 10.5. The molecular formula is C24H21Cl2N3O3. The van der Waals surface area contributed by atoms with Gasteiger partial charge in [-0.05, 0) is 59.5 Å². The van der Waals surface area contributed by atoms with Gasteiger partial charge in [0.05, 0.1) is 40.7 Å².